The molecule has 12 nitrogen and oxygen atoms in total. The predicted octanol–water partition coefficient (Wildman–Crippen LogP) is 4.59. The molecule has 4 N–H and O–H groups in total. The summed E-state index contributed by atoms with van der Waals surface area (Å²) in [6.07, 6.45) is 0.215. The van der Waals surface area contributed by atoms with Crippen molar-refractivity contribution in [2.75, 3.05) is 27.4 Å². The molecule has 0 unspecified atom stereocenters. The molecule has 4 rings (SSSR count). The first-order valence-corrected chi connectivity index (χ1v) is 14.5. The van der Waals surface area contributed by atoms with Crippen molar-refractivity contribution in [3.05, 3.63) is 93.4 Å². The summed E-state index contributed by atoms with van der Waals surface area (Å²) in [4.78, 5) is 24.6. The Labute approximate surface area is 270 Å². The lowest BCUT2D eigenvalue weighted by molar-refractivity contribution is -0.136. The third-order valence-corrected chi connectivity index (χ3v) is 6.91. The van der Waals surface area contributed by atoms with Gasteiger partial charge in [0.25, 0.3) is 0 Å². The number of methoxy groups -OCH3 is 2. The van der Waals surface area contributed by atoms with Crippen molar-refractivity contribution in [3.8, 4) is 23.0 Å². The minimum Gasteiger partial charge on any atom is -0.493 e. The van der Waals surface area contributed by atoms with E-state index in [0.717, 1.165) is 0 Å². The van der Waals surface area contributed by atoms with Crippen molar-refractivity contribution in [2.45, 2.75) is 32.7 Å². The molecule has 0 aromatic heterocycles. The minimum atomic E-state index is -1.21. The van der Waals surface area contributed by atoms with Crippen molar-refractivity contribution in [1.29, 1.82) is 0 Å². The summed E-state index contributed by atoms with van der Waals surface area (Å²) in [6.45, 7) is 3.60. The van der Waals surface area contributed by atoms with Gasteiger partial charge in [-0.2, -0.15) is 5.10 Å². The molecule has 0 spiro atoms. The fourth-order valence-corrected chi connectivity index (χ4v) is 4.83. The van der Waals surface area contributed by atoms with Crippen LogP contribution >= 0.6 is 11.6 Å². The first kappa shape index (κ1) is 33.9. The lowest BCUT2D eigenvalue weighted by Crippen LogP contribution is -2.45. The third-order valence-electron chi connectivity index (χ3n) is 6.63. The highest BCUT2D eigenvalue weighted by Crippen LogP contribution is 2.37. The highest BCUT2D eigenvalue weighted by Gasteiger charge is 2.32. The quantitative estimate of drug-likeness (QED) is 0.0846. The number of aliphatic hydroxyl groups excluding tert-OH is 1. The second-order valence-corrected chi connectivity index (χ2v) is 10.3. The van der Waals surface area contributed by atoms with E-state index in [0.29, 0.717) is 52.0 Å². The van der Waals surface area contributed by atoms with Crippen LogP contribution in [0.4, 0.5) is 9.18 Å². The smallest absolute Gasteiger partial charge is 0.337 e. The number of halogens is 2. The number of amides is 2. The van der Waals surface area contributed by atoms with Crippen LogP contribution in [-0.4, -0.2) is 57.0 Å². The number of hydrazone groups is 1. The maximum Gasteiger partial charge on any atom is 0.337 e. The zero-order valence-corrected chi connectivity index (χ0v) is 26.3. The van der Waals surface area contributed by atoms with Crippen LogP contribution in [0.1, 0.15) is 36.6 Å². The van der Waals surface area contributed by atoms with Crippen molar-refractivity contribution in [2.24, 2.45) is 5.10 Å². The number of hydrogen-bond acceptors (Lipinski definition) is 10. The maximum atomic E-state index is 13.5. The number of ether oxygens (including phenoxy) is 5. The van der Waals surface area contributed by atoms with Gasteiger partial charge in [0.05, 0.1) is 43.7 Å². The molecule has 0 aliphatic carbocycles. The topological polar surface area (TPSA) is 149 Å². The second kappa shape index (κ2) is 15.8. The van der Waals surface area contributed by atoms with Gasteiger partial charge in [0.1, 0.15) is 19.0 Å². The number of urea groups is 1. The molecule has 1 aliphatic rings. The van der Waals surface area contributed by atoms with Crippen LogP contribution in [0.15, 0.2) is 71.0 Å². The fraction of sp³-hybridized carbons (Fsp3) is 0.281. The highest BCUT2D eigenvalue weighted by molar-refractivity contribution is 6.32. The average molecular weight is 657 g/mol. The summed E-state index contributed by atoms with van der Waals surface area (Å²) in [5, 5.41) is 20.1. The van der Waals surface area contributed by atoms with Crippen LogP contribution < -0.4 is 35.0 Å². The Hall–Kier alpha value is -5.01. The molecule has 1 heterocycles. The number of benzene rings is 3. The first-order valence-electron chi connectivity index (χ1n) is 14.1. The normalized spacial score (nSPS) is 15.1. The monoisotopic (exact) mass is 656 g/mol. The third kappa shape index (κ3) is 8.58. The first-order chi connectivity index (χ1) is 22.1. The van der Waals surface area contributed by atoms with Crippen LogP contribution in [0.2, 0.25) is 5.02 Å². The Balaban J connectivity index is 1.39. The lowest BCUT2D eigenvalue weighted by atomic mass is 9.95. The van der Waals surface area contributed by atoms with Gasteiger partial charge in [0, 0.05) is 5.70 Å². The van der Waals surface area contributed by atoms with Gasteiger partial charge in [-0.15, -0.1) is 0 Å². The van der Waals surface area contributed by atoms with Crippen LogP contribution in [0.5, 0.6) is 23.0 Å². The summed E-state index contributed by atoms with van der Waals surface area (Å²) in [7, 11) is 2.72. The van der Waals surface area contributed by atoms with Gasteiger partial charge >= 0.3 is 12.0 Å². The summed E-state index contributed by atoms with van der Waals surface area (Å²) < 4.78 is 41.1. The number of carbonyl (C=O) groups is 2. The van der Waals surface area contributed by atoms with Crippen molar-refractivity contribution >= 4 is 29.8 Å². The SMILES string of the molecule is CCOc1cc([C@H]2NC(=O)NC(C)=C2C(=O)OC)ccc1OC[C@H](O)N/N=C\c1cc(Cl)c(OCc2cccc(F)c2)c(OC)c1. The van der Waals surface area contributed by atoms with E-state index in [1.807, 2.05) is 0 Å². The van der Waals surface area contributed by atoms with Crippen molar-refractivity contribution in [3.63, 3.8) is 0 Å². The number of rotatable bonds is 14. The summed E-state index contributed by atoms with van der Waals surface area (Å²) in [5.41, 5.74) is 4.94. The van der Waals surface area contributed by atoms with E-state index in [-0.39, 0.29) is 29.6 Å². The number of nitrogens with zero attached hydrogens (tertiary/aromatic N) is 1. The van der Waals surface area contributed by atoms with Gasteiger partial charge in [-0.25, -0.2) is 14.0 Å². The van der Waals surface area contributed by atoms with Gasteiger partial charge in [-0.1, -0.05) is 29.8 Å². The van der Waals surface area contributed by atoms with Crippen LogP contribution in [0, 0.1) is 5.82 Å². The molecule has 244 valence electrons. The summed E-state index contributed by atoms with van der Waals surface area (Å²) in [5.74, 6) is 0.334. The number of nitrogens with one attached hydrogen (secondary N) is 3. The van der Waals surface area contributed by atoms with Gasteiger partial charge < -0.3 is 39.4 Å². The molecule has 46 heavy (non-hydrogen) atoms. The summed E-state index contributed by atoms with van der Waals surface area (Å²) >= 11 is 6.42. The van der Waals surface area contributed by atoms with E-state index in [1.54, 1.807) is 56.3 Å². The molecule has 14 heteroatoms. The van der Waals surface area contributed by atoms with Gasteiger partial charge in [-0.05, 0) is 66.9 Å². The second-order valence-electron chi connectivity index (χ2n) is 9.87. The summed E-state index contributed by atoms with van der Waals surface area (Å²) in [6, 6.07) is 13.0. The van der Waals surface area contributed by atoms with Crippen LogP contribution in [-0.2, 0) is 16.1 Å². The lowest BCUT2D eigenvalue weighted by Gasteiger charge is -2.28. The Morgan fingerprint density at radius 1 is 1.11 bits per heavy atom. The number of esters is 1. The van der Waals surface area contributed by atoms with Crippen molar-refractivity contribution in [1.82, 2.24) is 16.1 Å². The average Bonchev–Trinajstić information content (AvgIpc) is 3.03. The maximum absolute atomic E-state index is 13.5. The molecule has 0 fully saturated rings. The van der Waals surface area contributed by atoms with Crippen LogP contribution in [0.25, 0.3) is 0 Å². The van der Waals surface area contributed by atoms with E-state index in [1.165, 1.54) is 32.6 Å². The molecule has 2 amide bonds. The Morgan fingerprint density at radius 2 is 1.91 bits per heavy atom. The molecule has 3 aromatic rings. The zero-order chi connectivity index (χ0) is 33.2. The fourth-order valence-electron chi connectivity index (χ4n) is 4.56. The Bertz CT molecular complexity index is 1630. The van der Waals surface area contributed by atoms with E-state index in [2.05, 4.69) is 21.2 Å². The van der Waals surface area contributed by atoms with Gasteiger partial charge in [-0.3, -0.25) is 5.43 Å². The zero-order valence-electron chi connectivity index (χ0n) is 25.6. The molecule has 0 bridgehead atoms. The predicted molar refractivity (Wildman–Crippen MR) is 168 cm³/mol. The van der Waals surface area contributed by atoms with E-state index >= 15 is 0 Å². The molecule has 0 saturated carbocycles. The number of aliphatic hydroxyl groups is 1. The molecule has 1 aliphatic heterocycles. The molecular formula is C32H34ClFN4O8. The molecule has 0 radical (unpaired) electrons. The number of allylic oxidation sites excluding steroid dienone is 1. The highest BCUT2D eigenvalue weighted by atomic mass is 35.5. The number of carbonyl (C=O) groups excluding carboxylic acids is 2. The van der Waals surface area contributed by atoms with E-state index < -0.39 is 24.3 Å². The largest absolute Gasteiger partial charge is 0.493 e. The Kier molecular flexibility index (Phi) is 11.7. The standard InChI is InChI=1S/C32H34ClFN4O8/c1-5-44-25-14-21(29-28(31(40)43-4)18(2)36-32(41)37-29)9-10-24(25)45-17-27(39)38-35-15-20-12-23(33)30(26(13-20)42-3)46-16-19-7-6-8-22(34)11-19/h6-15,27,29,38-39H,5,16-17H2,1-4H3,(H2,36,37,41)/b35-15-/t27-,29+/m0/s1. The molecule has 2 atom stereocenters. The van der Waals surface area contributed by atoms with Gasteiger partial charge in [0.15, 0.2) is 29.2 Å². The van der Waals surface area contributed by atoms with Gasteiger partial charge in [0.2, 0.25) is 0 Å². The molecule has 3 aromatic carbocycles. The van der Waals surface area contributed by atoms with E-state index in [4.69, 9.17) is 35.3 Å². The number of hydrogen-bond donors (Lipinski definition) is 4. The molecular weight excluding hydrogens is 623 g/mol. The van der Waals surface area contributed by atoms with Crippen molar-refractivity contribution < 1.29 is 42.8 Å². The molecule has 0 saturated heterocycles. The van der Waals surface area contributed by atoms with Crippen LogP contribution in [0.3, 0.4) is 0 Å². The Morgan fingerprint density at radius 3 is 2.63 bits per heavy atom. The minimum absolute atomic E-state index is 0.0859. The van der Waals surface area contributed by atoms with E-state index in [9.17, 15) is 19.1 Å².